The van der Waals surface area contributed by atoms with Gasteiger partial charge in [0.1, 0.15) is 17.2 Å². The number of rotatable bonds is 4. The summed E-state index contributed by atoms with van der Waals surface area (Å²) >= 11 is 5.82. The number of halogens is 4. The summed E-state index contributed by atoms with van der Waals surface area (Å²) in [7, 11) is 1.63. The molecule has 0 spiro atoms. The molecule has 1 aromatic carbocycles. The van der Waals surface area contributed by atoms with Crippen LogP contribution < -0.4 is 11.1 Å². The Morgan fingerprint density at radius 1 is 1.17 bits per heavy atom. The van der Waals surface area contributed by atoms with E-state index in [2.05, 4.69) is 15.4 Å². The van der Waals surface area contributed by atoms with Crippen molar-refractivity contribution in [3.8, 4) is 0 Å². The molecule has 2 saturated carbocycles. The summed E-state index contributed by atoms with van der Waals surface area (Å²) in [6.07, 6.45) is 3.38. The summed E-state index contributed by atoms with van der Waals surface area (Å²) in [6, 6.07) is 3.85. The number of pyridine rings is 1. The molecule has 11 heteroatoms. The van der Waals surface area contributed by atoms with E-state index in [9.17, 15) is 23.1 Å². The fraction of sp³-hybridized carbons (Fsp3) is 0.375. The van der Waals surface area contributed by atoms with E-state index in [-0.39, 0.29) is 52.6 Å². The van der Waals surface area contributed by atoms with Crippen LogP contribution in [0, 0.1) is 29.3 Å². The van der Waals surface area contributed by atoms with Crippen molar-refractivity contribution in [3.05, 3.63) is 69.9 Å². The summed E-state index contributed by atoms with van der Waals surface area (Å²) in [5, 5.41) is 18.2. The van der Waals surface area contributed by atoms with Gasteiger partial charge in [0.25, 0.3) is 5.91 Å². The van der Waals surface area contributed by atoms with E-state index in [1.807, 2.05) is 0 Å². The number of benzene rings is 1. The molecule has 2 aromatic heterocycles. The quantitative estimate of drug-likeness (QED) is 0.483. The van der Waals surface area contributed by atoms with Gasteiger partial charge in [0, 0.05) is 18.7 Å². The normalized spacial score (nSPS) is 25.6. The second-order valence-electron chi connectivity index (χ2n) is 9.46. The minimum absolute atomic E-state index is 0.00740. The zero-order valence-electron chi connectivity index (χ0n) is 18.7. The van der Waals surface area contributed by atoms with Gasteiger partial charge < -0.3 is 16.2 Å². The first-order valence-electron chi connectivity index (χ1n) is 11.2. The van der Waals surface area contributed by atoms with Crippen molar-refractivity contribution >= 4 is 29.0 Å². The minimum Gasteiger partial charge on any atom is -0.385 e. The topological polar surface area (TPSA) is 106 Å². The van der Waals surface area contributed by atoms with Gasteiger partial charge in [0.15, 0.2) is 11.6 Å². The fourth-order valence-electron chi connectivity index (χ4n) is 5.79. The van der Waals surface area contributed by atoms with Gasteiger partial charge in [-0.3, -0.25) is 14.5 Å². The van der Waals surface area contributed by atoms with Crippen LogP contribution in [-0.2, 0) is 12.6 Å². The fourth-order valence-corrected chi connectivity index (χ4v) is 5.97. The molecule has 2 fully saturated rings. The summed E-state index contributed by atoms with van der Waals surface area (Å²) in [5.74, 6) is -2.78. The Morgan fingerprint density at radius 3 is 2.40 bits per heavy atom. The monoisotopic (exact) mass is 505 g/mol. The van der Waals surface area contributed by atoms with Crippen molar-refractivity contribution < 1.29 is 23.1 Å². The lowest BCUT2D eigenvalue weighted by molar-refractivity contribution is 0.0269. The number of nitrogens with zero attached hydrogens (tertiary/aromatic N) is 3. The molecule has 0 bridgehead atoms. The predicted octanol–water partition coefficient (Wildman–Crippen LogP) is 4.51. The van der Waals surface area contributed by atoms with E-state index in [0.29, 0.717) is 24.2 Å². The van der Waals surface area contributed by atoms with Gasteiger partial charge in [-0.25, -0.2) is 13.2 Å². The molecule has 35 heavy (non-hydrogen) atoms. The van der Waals surface area contributed by atoms with Crippen LogP contribution in [0.1, 0.15) is 53.2 Å². The van der Waals surface area contributed by atoms with Gasteiger partial charge in [-0.15, -0.1) is 0 Å². The summed E-state index contributed by atoms with van der Waals surface area (Å²) in [4.78, 5) is 16.6. The highest BCUT2D eigenvalue weighted by Gasteiger charge is 2.52. The predicted molar refractivity (Wildman–Crippen MR) is 123 cm³/mol. The van der Waals surface area contributed by atoms with Crippen molar-refractivity contribution in [1.29, 1.82) is 0 Å². The standard InChI is InChI=1S/C24H23ClF3N5O2/c1-33-22(29)19(23(34)31-14-2-3-16(26)15(25)6-14)21(32-33)11-4-12-7-24(35,8-13(12)5-11)20-17(27)9-30-10-18(20)28/h2-3,6,9-13,35H,4-5,7-8,29H2,1H3,(H,31,34). The Hall–Kier alpha value is -3.11. The largest absolute Gasteiger partial charge is 0.385 e. The SMILES string of the molecule is Cn1nc(C2CC3CC(O)(c4c(F)cncc4F)CC3C2)c(C(=O)Nc2ccc(F)c(Cl)c2)c1N. The lowest BCUT2D eigenvalue weighted by Gasteiger charge is -2.26. The van der Waals surface area contributed by atoms with Gasteiger partial charge in [0.05, 0.1) is 34.3 Å². The molecule has 1 amide bonds. The van der Waals surface area contributed by atoms with E-state index in [0.717, 1.165) is 18.5 Å². The lowest BCUT2D eigenvalue weighted by Crippen LogP contribution is -2.26. The van der Waals surface area contributed by atoms with Crippen molar-refractivity contribution in [1.82, 2.24) is 14.8 Å². The number of nitrogens with two attached hydrogens (primary N) is 1. The van der Waals surface area contributed by atoms with Gasteiger partial charge >= 0.3 is 0 Å². The number of hydrogen-bond donors (Lipinski definition) is 3. The Bertz CT molecular complexity index is 1300. The van der Waals surface area contributed by atoms with Crippen LogP contribution in [0.15, 0.2) is 30.6 Å². The van der Waals surface area contributed by atoms with Crippen molar-refractivity contribution in [2.24, 2.45) is 18.9 Å². The van der Waals surface area contributed by atoms with Gasteiger partial charge in [0.2, 0.25) is 0 Å². The average Bonchev–Trinajstić information content (AvgIpc) is 3.40. The first kappa shape index (κ1) is 23.6. The van der Waals surface area contributed by atoms with Crippen LogP contribution >= 0.6 is 11.6 Å². The highest BCUT2D eigenvalue weighted by Crippen LogP contribution is 2.57. The molecule has 3 aromatic rings. The minimum atomic E-state index is -1.61. The Balaban J connectivity index is 1.37. The third-order valence-electron chi connectivity index (χ3n) is 7.27. The van der Waals surface area contributed by atoms with Crippen LogP contribution in [0.2, 0.25) is 5.02 Å². The second-order valence-corrected chi connectivity index (χ2v) is 9.87. The highest BCUT2D eigenvalue weighted by atomic mass is 35.5. The number of carbonyl (C=O) groups is 1. The Kier molecular flexibility index (Phi) is 5.76. The molecule has 184 valence electrons. The number of aliphatic hydroxyl groups is 1. The molecule has 2 unspecified atom stereocenters. The maximum absolute atomic E-state index is 14.3. The highest BCUT2D eigenvalue weighted by molar-refractivity contribution is 6.31. The third kappa shape index (κ3) is 4.04. The number of aryl methyl sites for hydroxylation is 1. The maximum Gasteiger partial charge on any atom is 0.261 e. The Morgan fingerprint density at radius 2 is 1.80 bits per heavy atom. The van der Waals surface area contributed by atoms with E-state index >= 15 is 0 Å². The molecular weight excluding hydrogens is 483 g/mol. The molecule has 2 aliphatic rings. The zero-order chi connectivity index (χ0) is 25.1. The number of aromatic nitrogens is 3. The van der Waals surface area contributed by atoms with Crippen molar-refractivity contribution in [3.63, 3.8) is 0 Å². The molecule has 2 atom stereocenters. The average molecular weight is 506 g/mol. The van der Waals surface area contributed by atoms with Crippen molar-refractivity contribution in [2.75, 3.05) is 11.1 Å². The van der Waals surface area contributed by atoms with Crippen molar-refractivity contribution in [2.45, 2.75) is 37.2 Å². The smallest absolute Gasteiger partial charge is 0.261 e. The number of nitrogen functional groups attached to an aromatic ring is 1. The van der Waals surface area contributed by atoms with E-state index in [1.54, 1.807) is 7.05 Å². The zero-order valence-corrected chi connectivity index (χ0v) is 19.5. The number of fused-ring (bicyclic) bond motifs is 1. The van der Waals surface area contributed by atoms with E-state index in [1.165, 1.54) is 16.8 Å². The molecule has 0 saturated heterocycles. The molecule has 5 rings (SSSR count). The maximum atomic E-state index is 14.3. The summed E-state index contributed by atoms with van der Waals surface area (Å²) < 4.78 is 43.5. The second kappa shape index (κ2) is 8.53. The third-order valence-corrected chi connectivity index (χ3v) is 7.56. The number of amides is 1. The van der Waals surface area contributed by atoms with Crippen LogP contribution in [0.25, 0.3) is 0 Å². The Labute approximate surface area is 204 Å². The molecule has 2 aliphatic carbocycles. The van der Waals surface area contributed by atoms with Gasteiger partial charge in [-0.1, -0.05) is 11.6 Å². The number of anilines is 2. The number of nitrogens with one attached hydrogen (secondary N) is 1. The summed E-state index contributed by atoms with van der Waals surface area (Å²) in [6.45, 7) is 0. The molecule has 4 N–H and O–H groups in total. The van der Waals surface area contributed by atoms with Crippen LogP contribution in [0.3, 0.4) is 0 Å². The molecule has 7 nitrogen and oxygen atoms in total. The first-order valence-corrected chi connectivity index (χ1v) is 11.6. The number of hydrogen-bond acceptors (Lipinski definition) is 5. The molecular formula is C24H23ClF3N5O2. The van der Waals surface area contributed by atoms with Gasteiger partial charge in [-0.2, -0.15) is 5.10 Å². The first-order chi connectivity index (χ1) is 16.6. The van der Waals surface area contributed by atoms with Crippen LogP contribution in [0.5, 0.6) is 0 Å². The summed E-state index contributed by atoms with van der Waals surface area (Å²) in [5.41, 5.74) is 5.28. The van der Waals surface area contributed by atoms with Gasteiger partial charge in [-0.05, 0) is 55.7 Å². The molecule has 0 aliphatic heterocycles. The molecule has 2 heterocycles. The number of carbonyl (C=O) groups excluding carboxylic acids is 1. The molecule has 0 radical (unpaired) electrons. The lowest BCUT2D eigenvalue weighted by atomic mass is 9.86. The van der Waals surface area contributed by atoms with Crippen LogP contribution in [0.4, 0.5) is 24.7 Å². The van der Waals surface area contributed by atoms with E-state index in [4.69, 9.17) is 17.3 Å². The van der Waals surface area contributed by atoms with E-state index < -0.39 is 29.0 Å². The van der Waals surface area contributed by atoms with Crippen LogP contribution in [-0.4, -0.2) is 25.8 Å².